The summed E-state index contributed by atoms with van der Waals surface area (Å²) in [7, 11) is 3.30. The van der Waals surface area contributed by atoms with Gasteiger partial charge in [0.15, 0.2) is 17.6 Å². The minimum absolute atomic E-state index is 0.0414. The number of rotatable bonds is 5. The van der Waals surface area contributed by atoms with Gasteiger partial charge in [-0.2, -0.15) is 0 Å². The SMILES string of the molecule is COC[C@@H]1CCCN1c1cc(=O)c2cc(-c3cnco3)c(OC)cc2[nH]1. The van der Waals surface area contributed by atoms with Crippen LogP contribution in [0.3, 0.4) is 0 Å². The van der Waals surface area contributed by atoms with Crippen LogP contribution in [0.2, 0.25) is 0 Å². The third-order valence-electron chi connectivity index (χ3n) is 4.88. The summed E-state index contributed by atoms with van der Waals surface area (Å²) < 4.78 is 16.2. The van der Waals surface area contributed by atoms with Crippen molar-refractivity contribution >= 4 is 16.7 Å². The normalized spacial score (nSPS) is 17.2. The molecule has 7 nitrogen and oxygen atoms in total. The molecule has 4 rings (SSSR count). The lowest BCUT2D eigenvalue weighted by Crippen LogP contribution is -2.34. The monoisotopic (exact) mass is 355 g/mol. The summed E-state index contributed by atoms with van der Waals surface area (Å²) in [6.45, 7) is 1.55. The Hall–Kier alpha value is -2.80. The first-order valence-electron chi connectivity index (χ1n) is 8.60. The Labute approximate surface area is 150 Å². The quantitative estimate of drug-likeness (QED) is 0.758. The predicted molar refractivity (Wildman–Crippen MR) is 98.9 cm³/mol. The van der Waals surface area contributed by atoms with Crippen molar-refractivity contribution in [1.29, 1.82) is 0 Å². The fourth-order valence-corrected chi connectivity index (χ4v) is 3.65. The molecule has 1 fully saturated rings. The molecule has 1 aromatic carbocycles. The summed E-state index contributed by atoms with van der Waals surface area (Å²) in [6, 6.07) is 5.56. The maximum atomic E-state index is 12.8. The van der Waals surface area contributed by atoms with Gasteiger partial charge in [-0.3, -0.25) is 4.79 Å². The topological polar surface area (TPSA) is 80.6 Å². The van der Waals surface area contributed by atoms with Crippen LogP contribution in [-0.4, -0.2) is 43.4 Å². The number of H-pyrrole nitrogens is 1. The van der Waals surface area contributed by atoms with Gasteiger partial charge in [0.05, 0.1) is 37.0 Å². The number of fused-ring (bicyclic) bond motifs is 1. The Morgan fingerprint density at radius 3 is 2.96 bits per heavy atom. The van der Waals surface area contributed by atoms with Gasteiger partial charge in [0.25, 0.3) is 0 Å². The average Bonchev–Trinajstić information content (AvgIpc) is 3.33. The second-order valence-corrected chi connectivity index (χ2v) is 6.43. The number of aromatic nitrogens is 2. The van der Waals surface area contributed by atoms with Crippen LogP contribution >= 0.6 is 0 Å². The average molecular weight is 355 g/mol. The van der Waals surface area contributed by atoms with Gasteiger partial charge in [0.1, 0.15) is 11.6 Å². The van der Waals surface area contributed by atoms with Crippen LogP contribution in [-0.2, 0) is 4.74 Å². The summed E-state index contributed by atoms with van der Waals surface area (Å²) in [5, 5.41) is 0.587. The van der Waals surface area contributed by atoms with E-state index in [0.29, 0.717) is 29.1 Å². The van der Waals surface area contributed by atoms with E-state index in [0.717, 1.165) is 30.7 Å². The van der Waals surface area contributed by atoms with Gasteiger partial charge in [-0.25, -0.2) is 4.98 Å². The Balaban J connectivity index is 1.83. The third kappa shape index (κ3) is 2.84. The van der Waals surface area contributed by atoms with Crippen LogP contribution < -0.4 is 15.1 Å². The first-order chi connectivity index (χ1) is 12.7. The van der Waals surface area contributed by atoms with E-state index in [1.165, 1.54) is 6.39 Å². The Kier molecular flexibility index (Phi) is 4.38. The Morgan fingerprint density at radius 2 is 2.23 bits per heavy atom. The molecule has 1 aliphatic rings. The minimum atomic E-state index is -0.0414. The fraction of sp³-hybridized carbons (Fsp3) is 0.368. The lowest BCUT2D eigenvalue weighted by Gasteiger charge is -2.26. The largest absolute Gasteiger partial charge is 0.496 e. The van der Waals surface area contributed by atoms with Gasteiger partial charge < -0.3 is 23.8 Å². The Bertz CT molecular complexity index is 965. The number of hydrogen-bond donors (Lipinski definition) is 1. The predicted octanol–water partition coefficient (Wildman–Crippen LogP) is 2.81. The molecule has 7 heteroatoms. The van der Waals surface area contributed by atoms with Crippen LogP contribution in [0, 0.1) is 0 Å². The van der Waals surface area contributed by atoms with E-state index in [4.69, 9.17) is 13.9 Å². The van der Waals surface area contributed by atoms with E-state index >= 15 is 0 Å². The number of ether oxygens (including phenoxy) is 2. The summed E-state index contributed by atoms with van der Waals surface area (Å²) in [5.41, 5.74) is 1.39. The van der Waals surface area contributed by atoms with Gasteiger partial charge in [-0.05, 0) is 18.9 Å². The number of pyridine rings is 1. The molecular weight excluding hydrogens is 334 g/mol. The number of nitrogens with one attached hydrogen (secondary N) is 1. The van der Waals surface area contributed by atoms with Crippen molar-refractivity contribution in [3.8, 4) is 17.1 Å². The van der Waals surface area contributed by atoms with Crippen molar-refractivity contribution in [3.63, 3.8) is 0 Å². The maximum Gasteiger partial charge on any atom is 0.191 e. The second kappa shape index (κ2) is 6.84. The number of anilines is 1. The third-order valence-corrected chi connectivity index (χ3v) is 4.88. The minimum Gasteiger partial charge on any atom is -0.496 e. The highest BCUT2D eigenvalue weighted by molar-refractivity contribution is 5.88. The van der Waals surface area contributed by atoms with Crippen LogP contribution in [0.4, 0.5) is 5.82 Å². The van der Waals surface area contributed by atoms with Gasteiger partial charge in [-0.1, -0.05) is 0 Å². The number of methoxy groups -OCH3 is 2. The van der Waals surface area contributed by atoms with E-state index in [9.17, 15) is 4.79 Å². The molecule has 1 saturated heterocycles. The lowest BCUT2D eigenvalue weighted by atomic mass is 10.1. The van der Waals surface area contributed by atoms with Crippen molar-refractivity contribution in [2.45, 2.75) is 18.9 Å². The zero-order valence-corrected chi connectivity index (χ0v) is 14.8. The van der Waals surface area contributed by atoms with Gasteiger partial charge in [0.2, 0.25) is 0 Å². The van der Waals surface area contributed by atoms with Gasteiger partial charge >= 0.3 is 0 Å². The molecule has 1 atom stereocenters. The molecule has 0 aliphatic carbocycles. The molecule has 2 aromatic heterocycles. The van der Waals surface area contributed by atoms with Crippen molar-refractivity contribution in [1.82, 2.24) is 9.97 Å². The lowest BCUT2D eigenvalue weighted by molar-refractivity contribution is 0.180. The smallest absolute Gasteiger partial charge is 0.191 e. The number of oxazole rings is 1. The summed E-state index contributed by atoms with van der Waals surface area (Å²) in [6.07, 6.45) is 5.10. The second-order valence-electron chi connectivity index (χ2n) is 6.43. The molecule has 0 spiro atoms. The standard InChI is InChI=1S/C19H21N3O4/c1-24-10-12-4-3-5-22(12)19-8-16(23)13-6-14(18-9-20-11-26-18)17(25-2)7-15(13)21-19/h6-9,11-12H,3-5,10H2,1-2H3,(H,21,23)/t12-/m0/s1. The zero-order valence-electron chi connectivity index (χ0n) is 14.8. The van der Waals surface area contributed by atoms with Crippen molar-refractivity contribution < 1.29 is 13.9 Å². The molecule has 136 valence electrons. The number of nitrogens with zero attached hydrogens (tertiary/aromatic N) is 2. The highest BCUT2D eigenvalue weighted by Gasteiger charge is 2.26. The van der Waals surface area contributed by atoms with Crippen LogP contribution in [0.15, 0.2) is 40.0 Å². The molecular formula is C19H21N3O4. The van der Waals surface area contributed by atoms with Crippen molar-refractivity contribution in [3.05, 3.63) is 41.0 Å². The van der Waals surface area contributed by atoms with Crippen LogP contribution in [0.25, 0.3) is 22.2 Å². The van der Waals surface area contributed by atoms with E-state index < -0.39 is 0 Å². The first-order valence-corrected chi connectivity index (χ1v) is 8.60. The molecule has 0 radical (unpaired) electrons. The highest BCUT2D eigenvalue weighted by Crippen LogP contribution is 2.33. The van der Waals surface area contributed by atoms with Gasteiger partial charge in [-0.15, -0.1) is 0 Å². The van der Waals surface area contributed by atoms with E-state index in [1.807, 2.05) is 6.07 Å². The number of aromatic amines is 1. The number of hydrogen-bond acceptors (Lipinski definition) is 6. The van der Waals surface area contributed by atoms with E-state index in [2.05, 4.69) is 14.9 Å². The van der Waals surface area contributed by atoms with Crippen LogP contribution in [0.5, 0.6) is 5.75 Å². The summed E-state index contributed by atoms with van der Waals surface area (Å²) >= 11 is 0. The molecule has 0 saturated carbocycles. The van der Waals surface area contributed by atoms with E-state index in [1.54, 1.807) is 32.5 Å². The molecule has 3 heterocycles. The molecule has 1 aliphatic heterocycles. The van der Waals surface area contributed by atoms with Crippen molar-refractivity contribution in [2.75, 3.05) is 32.3 Å². The van der Waals surface area contributed by atoms with Gasteiger partial charge in [0, 0.05) is 31.2 Å². The molecule has 26 heavy (non-hydrogen) atoms. The fourth-order valence-electron chi connectivity index (χ4n) is 3.65. The maximum absolute atomic E-state index is 12.8. The van der Waals surface area contributed by atoms with Crippen LogP contribution in [0.1, 0.15) is 12.8 Å². The molecule has 0 unspecified atom stereocenters. The zero-order chi connectivity index (χ0) is 18.1. The molecule has 0 amide bonds. The molecule has 1 N–H and O–H groups in total. The molecule has 0 bridgehead atoms. The highest BCUT2D eigenvalue weighted by atomic mass is 16.5. The first kappa shape index (κ1) is 16.7. The van der Waals surface area contributed by atoms with Crippen molar-refractivity contribution in [2.24, 2.45) is 0 Å². The summed E-state index contributed by atoms with van der Waals surface area (Å²) in [4.78, 5) is 22.3. The van der Waals surface area contributed by atoms with E-state index in [-0.39, 0.29) is 11.5 Å². The number of benzene rings is 1. The summed E-state index contributed by atoms with van der Waals surface area (Å²) in [5.74, 6) is 2.00. The Morgan fingerprint density at radius 1 is 1.35 bits per heavy atom. The molecule has 3 aromatic rings.